The number of aliphatic hydroxyl groups is 1. The molecule has 0 aromatic rings. The van der Waals surface area contributed by atoms with Crippen molar-refractivity contribution in [3.05, 3.63) is 22.9 Å². The maximum atomic E-state index is 14.1. The molecule has 2 bridgehead atoms. The lowest BCUT2D eigenvalue weighted by molar-refractivity contribution is -0.232. The Morgan fingerprint density at radius 3 is 2.24 bits per heavy atom. The molecule has 0 aromatic carbocycles. The van der Waals surface area contributed by atoms with Crippen LogP contribution in [0, 0.1) is 28.1 Å². The van der Waals surface area contributed by atoms with Gasteiger partial charge in [0.2, 0.25) is 11.6 Å². The van der Waals surface area contributed by atoms with E-state index in [1.807, 2.05) is 0 Å². The smallest absolute Gasteiger partial charge is 0.239 e. The van der Waals surface area contributed by atoms with E-state index < -0.39 is 19.3 Å². The first-order valence-electron chi connectivity index (χ1n) is 11.1. The van der Waals surface area contributed by atoms with Gasteiger partial charge in [0.25, 0.3) is 0 Å². The molecule has 0 unspecified atom stereocenters. The van der Waals surface area contributed by atoms with Crippen LogP contribution in [0.3, 0.4) is 0 Å². The lowest BCUT2D eigenvalue weighted by Crippen LogP contribution is -2.68. The molecule has 0 saturated heterocycles. The minimum absolute atomic E-state index is 0.0794. The molecule has 5 aliphatic rings. The number of ketones is 1. The van der Waals surface area contributed by atoms with Crippen LogP contribution < -0.4 is 0 Å². The molecule has 0 aliphatic heterocycles. The molecular formula is C24H38O4Si. The van der Waals surface area contributed by atoms with Crippen LogP contribution in [0.15, 0.2) is 22.9 Å². The van der Waals surface area contributed by atoms with Crippen LogP contribution >= 0.6 is 0 Å². The van der Waals surface area contributed by atoms with Crippen molar-refractivity contribution in [1.82, 2.24) is 0 Å². The Hall–Kier alpha value is -0.753. The number of ether oxygens (including phenoxy) is 2. The fraction of sp³-hybridized carbons (Fsp3) is 0.792. The van der Waals surface area contributed by atoms with Crippen molar-refractivity contribution in [2.45, 2.75) is 78.0 Å². The molecule has 5 atom stereocenters. The van der Waals surface area contributed by atoms with Crippen molar-refractivity contribution in [3.8, 4) is 0 Å². The summed E-state index contributed by atoms with van der Waals surface area (Å²) >= 11 is 0. The van der Waals surface area contributed by atoms with E-state index in [0.29, 0.717) is 5.92 Å². The molecule has 0 heterocycles. The molecule has 5 rings (SSSR count). The Morgan fingerprint density at radius 1 is 1.07 bits per heavy atom. The summed E-state index contributed by atoms with van der Waals surface area (Å²) in [6.45, 7) is 13.8. The minimum atomic E-state index is -1.69. The monoisotopic (exact) mass is 418 g/mol. The topological polar surface area (TPSA) is 55.8 Å². The molecule has 0 radical (unpaired) electrons. The standard InChI is InChI=1S/C24H38O4Si/c1-21(2)17-9-12-23-14-16(29(6,7)8)15(24(27-4,28-5)20(23)26)13-18(23)22(17,3)11-10-19(21)25/h13-15,17,19,25H,9-12H2,1-8H3/t15-,17-,19-,22-,23-/m0/s1. The molecule has 1 spiro atoms. The Morgan fingerprint density at radius 2 is 1.69 bits per heavy atom. The summed E-state index contributed by atoms with van der Waals surface area (Å²) in [6, 6.07) is 0. The quantitative estimate of drug-likeness (QED) is 0.416. The maximum Gasteiger partial charge on any atom is 0.239 e. The van der Waals surface area contributed by atoms with Gasteiger partial charge in [-0.3, -0.25) is 4.79 Å². The molecule has 1 N–H and O–H groups in total. The minimum Gasteiger partial charge on any atom is -0.393 e. The first-order valence-corrected chi connectivity index (χ1v) is 14.6. The fourth-order valence-electron chi connectivity index (χ4n) is 7.44. The van der Waals surface area contributed by atoms with Crippen LogP contribution in [-0.4, -0.2) is 45.1 Å². The van der Waals surface area contributed by atoms with Crippen molar-refractivity contribution < 1.29 is 19.4 Å². The number of fused-ring (bicyclic) bond motifs is 2. The van der Waals surface area contributed by atoms with E-state index in [9.17, 15) is 9.90 Å². The summed E-state index contributed by atoms with van der Waals surface area (Å²) in [4.78, 5) is 14.1. The average Bonchev–Trinajstić information content (AvgIpc) is 2.65. The lowest BCUT2D eigenvalue weighted by Gasteiger charge is -2.65. The predicted octanol–water partition coefficient (Wildman–Crippen LogP) is 4.50. The summed E-state index contributed by atoms with van der Waals surface area (Å²) in [7, 11) is 1.54. The van der Waals surface area contributed by atoms with Gasteiger partial charge in [0.1, 0.15) is 0 Å². The van der Waals surface area contributed by atoms with Crippen molar-refractivity contribution in [1.29, 1.82) is 0 Å². The molecule has 2 saturated carbocycles. The number of aliphatic hydroxyl groups excluding tert-OH is 1. The molecule has 5 heteroatoms. The van der Waals surface area contributed by atoms with E-state index in [2.05, 4.69) is 52.6 Å². The zero-order valence-electron chi connectivity index (χ0n) is 19.4. The van der Waals surface area contributed by atoms with Crippen molar-refractivity contribution in [2.75, 3.05) is 14.2 Å². The van der Waals surface area contributed by atoms with Gasteiger partial charge in [-0.05, 0) is 48.0 Å². The van der Waals surface area contributed by atoms with Crippen LogP contribution in [0.5, 0.6) is 0 Å². The van der Waals surface area contributed by atoms with Gasteiger partial charge in [-0.25, -0.2) is 0 Å². The predicted molar refractivity (Wildman–Crippen MR) is 117 cm³/mol. The van der Waals surface area contributed by atoms with Crippen LogP contribution in [0.2, 0.25) is 19.6 Å². The summed E-state index contributed by atoms with van der Waals surface area (Å²) < 4.78 is 11.8. The number of hydrogen-bond acceptors (Lipinski definition) is 4. The van der Waals surface area contributed by atoms with Crippen molar-refractivity contribution in [3.63, 3.8) is 0 Å². The van der Waals surface area contributed by atoms with Crippen LogP contribution in [0.1, 0.15) is 46.5 Å². The number of carbonyl (C=O) groups is 1. The Kier molecular flexibility index (Phi) is 4.55. The van der Waals surface area contributed by atoms with E-state index in [-0.39, 0.29) is 28.6 Å². The second kappa shape index (κ2) is 6.15. The molecular weight excluding hydrogens is 380 g/mol. The van der Waals surface area contributed by atoms with Gasteiger partial charge in [0, 0.05) is 14.2 Å². The first-order chi connectivity index (χ1) is 13.3. The number of rotatable bonds is 3. The summed E-state index contributed by atoms with van der Waals surface area (Å²) in [6.07, 6.45) is 7.86. The van der Waals surface area contributed by atoms with Crippen molar-refractivity contribution in [2.24, 2.45) is 28.1 Å². The molecule has 4 nitrogen and oxygen atoms in total. The van der Waals surface area contributed by atoms with E-state index in [0.717, 1.165) is 25.7 Å². The highest BCUT2D eigenvalue weighted by Gasteiger charge is 2.70. The molecule has 29 heavy (non-hydrogen) atoms. The van der Waals surface area contributed by atoms with Gasteiger partial charge in [-0.15, -0.1) is 0 Å². The van der Waals surface area contributed by atoms with Gasteiger partial charge in [-0.1, -0.05) is 57.8 Å². The second-order valence-corrected chi connectivity index (χ2v) is 16.7. The summed E-state index contributed by atoms with van der Waals surface area (Å²) in [5.41, 5.74) is 0.423. The highest BCUT2D eigenvalue weighted by atomic mass is 28.3. The van der Waals surface area contributed by atoms with Crippen LogP contribution in [-0.2, 0) is 14.3 Å². The molecule has 5 aliphatic carbocycles. The van der Waals surface area contributed by atoms with E-state index in [1.54, 1.807) is 14.2 Å². The SMILES string of the molecule is COC1(OC)C(=O)[C@@]23C=C([Si](C)(C)C)[C@@H]1C=C2[C@@]1(C)CC[C@H](O)C(C)(C)[C@@H]1CC3. The van der Waals surface area contributed by atoms with Gasteiger partial charge in [-0.2, -0.15) is 0 Å². The number of carbonyl (C=O) groups excluding carboxylic acids is 1. The number of allylic oxidation sites excluding steroid dienone is 2. The maximum absolute atomic E-state index is 14.1. The summed E-state index contributed by atoms with van der Waals surface area (Å²) in [5, 5.41) is 12.1. The van der Waals surface area contributed by atoms with E-state index in [1.165, 1.54) is 10.8 Å². The fourth-order valence-corrected chi connectivity index (χ4v) is 9.33. The third kappa shape index (κ3) is 2.45. The number of methoxy groups -OCH3 is 2. The van der Waals surface area contributed by atoms with Crippen LogP contribution in [0.4, 0.5) is 0 Å². The number of hydrogen-bond donors (Lipinski definition) is 1. The average molecular weight is 419 g/mol. The Bertz CT molecular complexity index is 800. The third-order valence-corrected chi connectivity index (χ3v) is 11.2. The van der Waals surface area contributed by atoms with Crippen molar-refractivity contribution >= 4 is 13.9 Å². The number of Topliss-reactive ketones (excluding diaryl/α,β-unsaturated/α-hetero) is 1. The van der Waals surface area contributed by atoms with Gasteiger partial charge < -0.3 is 14.6 Å². The zero-order chi connectivity index (χ0) is 21.6. The molecule has 0 aromatic heterocycles. The Balaban J connectivity index is 1.94. The lowest BCUT2D eigenvalue weighted by atomic mass is 9.41. The largest absolute Gasteiger partial charge is 0.393 e. The highest BCUT2D eigenvalue weighted by Crippen LogP contribution is 2.69. The first kappa shape index (κ1) is 21.5. The Labute approximate surface area is 176 Å². The molecule has 0 amide bonds. The van der Waals surface area contributed by atoms with Gasteiger partial charge in [0.05, 0.1) is 25.5 Å². The normalized spacial score (nSPS) is 42.7. The van der Waals surface area contributed by atoms with Gasteiger partial charge in [0.15, 0.2) is 0 Å². The molecule has 162 valence electrons. The van der Waals surface area contributed by atoms with E-state index >= 15 is 0 Å². The molecule has 2 fully saturated rings. The van der Waals surface area contributed by atoms with Gasteiger partial charge >= 0.3 is 0 Å². The van der Waals surface area contributed by atoms with Crippen LogP contribution in [0.25, 0.3) is 0 Å². The highest BCUT2D eigenvalue weighted by molar-refractivity contribution is 6.83. The third-order valence-electron chi connectivity index (χ3n) is 9.06. The van der Waals surface area contributed by atoms with E-state index in [4.69, 9.17) is 9.47 Å². The second-order valence-electron chi connectivity index (χ2n) is 11.7. The summed E-state index contributed by atoms with van der Waals surface area (Å²) in [5.74, 6) is -0.908. The zero-order valence-corrected chi connectivity index (χ0v) is 20.4.